The Hall–Kier alpha value is -3.69. The van der Waals surface area contributed by atoms with E-state index in [1.807, 2.05) is 36.1 Å². The second kappa shape index (κ2) is 9.89. The number of amides is 3. The summed E-state index contributed by atoms with van der Waals surface area (Å²) >= 11 is 0. The first-order valence-electron chi connectivity index (χ1n) is 12.8. The van der Waals surface area contributed by atoms with Crippen LogP contribution in [0.3, 0.4) is 0 Å². The van der Waals surface area contributed by atoms with Gasteiger partial charge in [-0.2, -0.15) is 0 Å². The minimum atomic E-state index is -3.76. The van der Waals surface area contributed by atoms with E-state index >= 15 is 0 Å². The van der Waals surface area contributed by atoms with E-state index in [1.54, 1.807) is 12.1 Å². The minimum absolute atomic E-state index is 0.0417. The number of urea groups is 1. The van der Waals surface area contributed by atoms with Crippen LogP contribution < -0.4 is 20.7 Å². The van der Waals surface area contributed by atoms with Crippen LogP contribution in [0.1, 0.15) is 49.3 Å². The van der Waals surface area contributed by atoms with Gasteiger partial charge < -0.3 is 10.6 Å². The van der Waals surface area contributed by atoms with Crippen molar-refractivity contribution in [1.82, 2.24) is 5.32 Å². The molecule has 1 aliphatic heterocycles. The molecule has 8 nitrogen and oxygen atoms in total. The molecule has 4 N–H and O–H groups in total. The second-order valence-corrected chi connectivity index (χ2v) is 11.9. The molecule has 0 aromatic heterocycles. The Morgan fingerprint density at radius 2 is 1.71 bits per heavy atom. The maximum absolute atomic E-state index is 13.3. The summed E-state index contributed by atoms with van der Waals surface area (Å²) in [6.45, 7) is 4.45. The van der Waals surface area contributed by atoms with Crippen LogP contribution >= 0.6 is 0 Å². The van der Waals surface area contributed by atoms with Gasteiger partial charge in [-0.25, -0.2) is 18.4 Å². The average Bonchev–Trinajstić information content (AvgIpc) is 3.47. The van der Waals surface area contributed by atoms with Crippen molar-refractivity contribution in [2.45, 2.75) is 56.4 Å². The highest BCUT2D eigenvalue weighted by Gasteiger charge is 2.46. The number of nitrogens with two attached hydrogens (primary N) is 1. The Morgan fingerprint density at radius 3 is 2.34 bits per heavy atom. The molecule has 5 rings (SSSR count). The van der Waals surface area contributed by atoms with Crippen LogP contribution in [0.25, 0.3) is 11.1 Å². The van der Waals surface area contributed by atoms with Gasteiger partial charge in [0, 0.05) is 36.8 Å². The number of fused-ring (bicyclic) bond motifs is 2. The van der Waals surface area contributed by atoms with Gasteiger partial charge in [-0.3, -0.25) is 9.69 Å². The van der Waals surface area contributed by atoms with Crippen molar-refractivity contribution in [2.24, 2.45) is 5.14 Å². The summed E-state index contributed by atoms with van der Waals surface area (Å²) in [5.74, 6) is -0.100. The SMILES string of the molecule is CC(=O)Nc1ccc(-c2ccc3c(c2)C2(CCCC2)CN3C(=O)NCc2ccc(S(N)(=O)=O)cc2)c(C)c1. The monoisotopic (exact) mass is 532 g/mol. The Morgan fingerprint density at radius 1 is 1.00 bits per heavy atom. The Labute approximate surface area is 223 Å². The molecule has 9 heteroatoms. The summed E-state index contributed by atoms with van der Waals surface area (Å²) in [7, 11) is -3.76. The molecule has 0 bridgehead atoms. The fourth-order valence-corrected chi connectivity index (χ4v) is 6.35. The lowest BCUT2D eigenvalue weighted by Gasteiger charge is -2.25. The van der Waals surface area contributed by atoms with Crippen molar-refractivity contribution in [3.63, 3.8) is 0 Å². The van der Waals surface area contributed by atoms with Gasteiger partial charge in [0.15, 0.2) is 0 Å². The third-order valence-electron chi connectivity index (χ3n) is 7.68. The number of carbonyl (C=O) groups excluding carboxylic acids is 2. The van der Waals surface area contributed by atoms with Crippen molar-refractivity contribution in [1.29, 1.82) is 0 Å². The maximum atomic E-state index is 13.3. The van der Waals surface area contributed by atoms with Crippen LogP contribution in [0.4, 0.5) is 16.2 Å². The largest absolute Gasteiger partial charge is 0.334 e. The fraction of sp³-hybridized carbons (Fsp3) is 0.310. The van der Waals surface area contributed by atoms with Gasteiger partial charge in [0.05, 0.1) is 4.90 Å². The van der Waals surface area contributed by atoms with Crippen LogP contribution in [-0.2, 0) is 26.8 Å². The second-order valence-electron chi connectivity index (χ2n) is 10.4. The molecular formula is C29H32N4O4S. The van der Waals surface area contributed by atoms with Crippen LogP contribution in [-0.4, -0.2) is 26.9 Å². The molecule has 1 heterocycles. The molecule has 198 valence electrons. The zero-order chi connectivity index (χ0) is 27.1. The highest BCUT2D eigenvalue weighted by molar-refractivity contribution is 7.89. The van der Waals surface area contributed by atoms with Crippen molar-refractivity contribution in [3.8, 4) is 11.1 Å². The van der Waals surface area contributed by atoms with E-state index in [-0.39, 0.29) is 28.8 Å². The van der Waals surface area contributed by atoms with Crippen molar-refractivity contribution in [3.05, 3.63) is 77.4 Å². The van der Waals surface area contributed by atoms with Crippen LogP contribution in [0.15, 0.2) is 65.6 Å². The molecule has 1 spiro atoms. The number of anilines is 2. The van der Waals surface area contributed by atoms with E-state index in [2.05, 4.69) is 22.8 Å². The molecular weight excluding hydrogens is 500 g/mol. The number of aryl methyl sites for hydroxylation is 1. The lowest BCUT2D eigenvalue weighted by Crippen LogP contribution is -2.41. The molecule has 3 aromatic carbocycles. The van der Waals surface area contributed by atoms with Gasteiger partial charge in [-0.15, -0.1) is 0 Å². The molecule has 1 saturated carbocycles. The standard InChI is InChI=1S/C29H32N4O4S/c1-19-15-23(32-20(2)34)8-11-25(19)22-7-12-27-26(16-22)29(13-3-4-14-29)18-33(27)28(35)31-17-21-5-9-24(10-6-21)38(30,36)37/h5-12,15-16H,3-4,13-14,17-18H2,1-2H3,(H,31,35)(H,32,34)(H2,30,36,37). The lowest BCUT2D eigenvalue weighted by molar-refractivity contribution is -0.114. The van der Waals surface area contributed by atoms with E-state index in [1.165, 1.54) is 24.6 Å². The number of benzene rings is 3. The fourth-order valence-electron chi connectivity index (χ4n) is 5.84. The molecule has 38 heavy (non-hydrogen) atoms. The number of primary sulfonamides is 1. The maximum Gasteiger partial charge on any atom is 0.322 e. The predicted molar refractivity (Wildman–Crippen MR) is 148 cm³/mol. The van der Waals surface area contributed by atoms with E-state index in [0.29, 0.717) is 6.54 Å². The van der Waals surface area contributed by atoms with Crippen LogP contribution in [0.5, 0.6) is 0 Å². The van der Waals surface area contributed by atoms with Gasteiger partial charge in [0.2, 0.25) is 15.9 Å². The first-order chi connectivity index (χ1) is 18.1. The molecule has 0 saturated heterocycles. The lowest BCUT2D eigenvalue weighted by atomic mass is 9.79. The highest BCUT2D eigenvalue weighted by Crippen LogP contribution is 2.51. The minimum Gasteiger partial charge on any atom is -0.334 e. The Bertz CT molecular complexity index is 1510. The summed E-state index contributed by atoms with van der Waals surface area (Å²) in [5, 5.41) is 11.0. The van der Waals surface area contributed by atoms with Crippen molar-refractivity contribution < 1.29 is 18.0 Å². The van der Waals surface area contributed by atoms with Gasteiger partial charge in [-0.1, -0.05) is 37.1 Å². The van der Waals surface area contributed by atoms with Crippen molar-refractivity contribution >= 4 is 33.3 Å². The predicted octanol–water partition coefficient (Wildman–Crippen LogP) is 4.81. The number of rotatable bonds is 5. The quantitative estimate of drug-likeness (QED) is 0.437. The van der Waals surface area contributed by atoms with Crippen LogP contribution in [0, 0.1) is 6.92 Å². The third kappa shape index (κ3) is 5.04. The first-order valence-corrected chi connectivity index (χ1v) is 14.3. The Kier molecular flexibility index (Phi) is 6.75. The Balaban J connectivity index is 1.39. The zero-order valence-corrected chi connectivity index (χ0v) is 22.4. The average molecular weight is 533 g/mol. The molecule has 3 amide bonds. The molecule has 0 unspecified atom stereocenters. The van der Waals surface area contributed by atoms with Gasteiger partial charge in [0.1, 0.15) is 0 Å². The number of carbonyl (C=O) groups is 2. The van der Waals surface area contributed by atoms with E-state index in [9.17, 15) is 18.0 Å². The van der Waals surface area contributed by atoms with Gasteiger partial charge in [0.25, 0.3) is 0 Å². The van der Waals surface area contributed by atoms with Crippen molar-refractivity contribution in [2.75, 3.05) is 16.8 Å². The number of nitrogens with one attached hydrogen (secondary N) is 2. The highest BCUT2D eigenvalue weighted by atomic mass is 32.2. The topological polar surface area (TPSA) is 122 Å². The number of hydrogen-bond acceptors (Lipinski definition) is 4. The molecule has 2 aliphatic rings. The molecule has 1 aliphatic carbocycles. The summed E-state index contributed by atoms with van der Waals surface area (Å²) in [4.78, 5) is 26.7. The number of hydrogen-bond donors (Lipinski definition) is 3. The van der Waals surface area contributed by atoms with E-state index < -0.39 is 10.0 Å². The number of nitrogens with zero attached hydrogens (tertiary/aromatic N) is 1. The molecule has 0 atom stereocenters. The van der Waals surface area contributed by atoms with Gasteiger partial charge in [-0.05, 0) is 84.0 Å². The zero-order valence-electron chi connectivity index (χ0n) is 21.6. The molecule has 3 aromatic rings. The van der Waals surface area contributed by atoms with Crippen LogP contribution in [0.2, 0.25) is 0 Å². The first kappa shape index (κ1) is 25.9. The third-order valence-corrected chi connectivity index (χ3v) is 8.61. The summed E-state index contributed by atoms with van der Waals surface area (Å²) in [6, 6.07) is 18.3. The van der Waals surface area contributed by atoms with E-state index in [4.69, 9.17) is 5.14 Å². The summed E-state index contributed by atoms with van der Waals surface area (Å²) in [5.41, 5.74) is 6.92. The summed E-state index contributed by atoms with van der Waals surface area (Å²) < 4.78 is 23.0. The number of sulfonamides is 1. The smallest absolute Gasteiger partial charge is 0.322 e. The molecule has 1 fully saturated rings. The van der Waals surface area contributed by atoms with Gasteiger partial charge >= 0.3 is 6.03 Å². The van der Waals surface area contributed by atoms with E-state index in [0.717, 1.165) is 59.3 Å². The molecule has 0 radical (unpaired) electrons. The normalized spacial score (nSPS) is 15.9. The summed E-state index contributed by atoms with van der Waals surface area (Å²) in [6.07, 6.45) is 4.37.